The van der Waals surface area contributed by atoms with Crippen molar-refractivity contribution in [3.63, 3.8) is 0 Å². The fraction of sp³-hybridized carbons (Fsp3) is 0.174. The number of aromatic hydroxyl groups is 2. The van der Waals surface area contributed by atoms with Gasteiger partial charge in [-0.3, -0.25) is 4.90 Å². The lowest BCUT2D eigenvalue weighted by Crippen LogP contribution is -2.28. The van der Waals surface area contributed by atoms with Crippen LogP contribution in [0.2, 0.25) is 0 Å². The summed E-state index contributed by atoms with van der Waals surface area (Å²) in [6.07, 6.45) is -0.669. The van der Waals surface area contributed by atoms with E-state index in [9.17, 15) is 20.1 Å². The number of fused-ring (bicyclic) bond motifs is 1. The van der Waals surface area contributed by atoms with E-state index in [1.165, 1.54) is 29.5 Å². The Morgan fingerprint density at radius 3 is 2.47 bits per heavy atom. The van der Waals surface area contributed by atoms with Crippen LogP contribution in [0.3, 0.4) is 0 Å². The van der Waals surface area contributed by atoms with Gasteiger partial charge in [-0.1, -0.05) is 36.4 Å². The zero-order chi connectivity index (χ0) is 21.1. The number of aliphatic hydroxyl groups excluding tert-OH is 1. The van der Waals surface area contributed by atoms with E-state index in [2.05, 4.69) is 0 Å². The molecule has 6 nitrogen and oxygen atoms in total. The molecule has 0 unspecified atom stereocenters. The summed E-state index contributed by atoms with van der Waals surface area (Å²) >= 11 is 1.49. The summed E-state index contributed by atoms with van der Waals surface area (Å²) in [5, 5.41) is 32.8. The van der Waals surface area contributed by atoms with Crippen molar-refractivity contribution in [1.82, 2.24) is 4.90 Å². The molecule has 0 spiro atoms. The highest BCUT2D eigenvalue weighted by Crippen LogP contribution is 2.32. The summed E-state index contributed by atoms with van der Waals surface area (Å²) in [5.41, 5.74) is 1.38. The van der Waals surface area contributed by atoms with Crippen molar-refractivity contribution < 1.29 is 19.7 Å². The second-order valence-corrected chi connectivity index (χ2v) is 8.09. The highest BCUT2D eigenvalue weighted by molar-refractivity contribution is 7.10. The summed E-state index contributed by atoms with van der Waals surface area (Å²) in [6.45, 7) is 1.28. The predicted octanol–water partition coefficient (Wildman–Crippen LogP) is 4.00. The molecule has 3 N–H and O–H groups in total. The van der Waals surface area contributed by atoms with Gasteiger partial charge in [-0.15, -0.1) is 11.3 Å². The standard InChI is InChI=1S/C23H21NO5S/c25-18-10-17-16(9-23(28)29-21(17)11-19(18)26)13-24(12-15-5-2-1-3-6-15)14-20(27)22-7-4-8-30-22/h1-11,20,25-27H,12-14H2/t20-/m0/s1. The molecule has 7 heteroatoms. The fourth-order valence-electron chi connectivity index (χ4n) is 3.46. The van der Waals surface area contributed by atoms with Crippen molar-refractivity contribution in [2.75, 3.05) is 6.54 Å². The number of aliphatic hydroxyl groups is 1. The second kappa shape index (κ2) is 8.71. The largest absolute Gasteiger partial charge is 0.504 e. The first-order valence-electron chi connectivity index (χ1n) is 9.46. The van der Waals surface area contributed by atoms with Gasteiger partial charge in [-0.25, -0.2) is 4.79 Å². The Morgan fingerprint density at radius 1 is 0.967 bits per heavy atom. The van der Waals surface area contributed by atoms with Gasteiger partial charge in [0.1, 0.15) is 11.7 Å². The molecule has 4 aromatic rings. The Morgan fingerprint density at radius 2 is 1.73 bits per heavy atom. The minimum absolute atomic E-state index is 0.200. The zero-order valence-electron chi connectivity index (χ0n) is 16.1. The highest BCUT2D eigenvalue weighted by atomic mass is 32.1. The number of benzene rings is 2. The Labute approximate surface area is 176 Å². The third kappa shape index (κ3) is 4.54. The average Bonchev–Trinajstić information content (AvgIpc) is 3.25. The Hall–Kier alpha value is -3.13. The quantitative estimate of drug-likeness (QED) is 0.307. The van der Waals surface area contributed by atoms with Gasteiger partial charge in [0.05, 0.1) is 0 Å². The van der Waals surface area contributed by atoms with E-state index >= 15 is 0 Å². The van der Waals surface area contributed by atoms with Gasteiger partial charge in [0.25, 0.3) is 0 Å². The normalized spacial score (nSPS) is 12.5. The van der Waals surface area contributed by atoms with Crippen molar-refractivity contribution in [2.24, 2.45) is 0 Å². The minimum atomic E-state index is -0.669. The molecule has 4 rings (SSSR count). The van der Waals surface area contributed by atoms with Crippen LogP contribution in [0.25, 0.3) is 11.0 Å². The molecule has 0 bridgehead atoms. The molecule has 0 amide bonds. The summed E-state index contributed by atoms with van der Waals surface area (Å²) in [6, 6.07) is 17.7. The van der Waals surface area contributed by atoms with Gasteiger partial charge in [0.15, 0.2) is 11.5 Å². The number of thiophene rings is 1. The van der Waals surface area contributed by atoms with E-state index in [0.29, 0.717) is 30.6 Å². The van der Waals surface area contributed by atoms with Crippen molar-refractivity contribution in [3.05, 3.63) is 92.5 Å². The molecular weight excluding hydrogens is 402 g/mol. The maximum absolute atomic E-state index is 12.1. The van der Waals surface area contributed by atoms with E-state index < -0.39 is 11.7 Å². The van der Waals surface area contributed by atoms with Gasteiger partial charge >= 0.3 is 5.63 Å². The third-order valence-electron chi connectivity index (χ3n) is 4.87. The molecule has 0 radical (unpaired) electrons. The van der Waals surface area contributed by atoms with Crippen molar-refractivity contribution in [3.8, 4) is 11.5 Å². The molecule has 2 heterocycles. The number of hydrogen-bond acceptors (Lipinski definition) is 7. The van der Waals surface area contributed by atoms with Crippen LogP contribution >= 0.6 is 11.3 Å². The van der Waals surface area contributed by atoms with Crippen LogP contribution < -0.4 is 5.63 Å². The molecule has 0 fully saturated rings. The van der Waals surface area contributed by atoms with Crippen LogP contribution in [0, 0.1) is 0 Å². The van der Waals surface area contributed by atoms with Crippen LogP contribution in [0.5, 0.6) is 11.5 Å². The van der Waals surface area contributed by atoms with Crippen molar-refractivity contribution >= 4 is 22.3 Å². The molecule has 0 aliphatic carbocycles. The number of rotatable bonds is 7. The Kier molecular flexibility index (Phi) is 5.85. The minimum Gasteiger partial charge on any atom is -0.504 e. The number of nitrogens with zero attached hydrogens (tertiary/aromatic N) is 1. The number of phenolic OH excluding ortho intramolecular Hbond substituents is 2. The lowest BCUT2D eigenvalue weighted by Gasteiger charge is -2.25. The third-order valence-corrected chi connectivity index (χ3v) is 5.84. The zero-order valence-corrected chi connectivity index (χ0v) is 16.9. The Balaban J connectivity index is 1.68. The Bertz CT molecular complexity index is 1190. The summed E-state index contributed by atoms with van der Waals surface area (Å²) in [5.74, 6) is -0.636. The first-order valence-corrected chi connectivity index (χ1v) is 10.3. The van der Waals surface area contributed by atoms with E-state index in [-0.39, 0.29) is 17.1 Å². The number of hydrogen-bond donors (Lipinski definition) is 3. The summed E-state index contributed by atoms with van der Waals surface area (Å²) < 4.78 is 5.19. The first-order chi connectivity index (χ1) is 14.5. The lowest BCUT2D eigenvalue weighted by molar-refractivity contribution is 0.107. The van der Waals surface area contributed by atoms with Gasteiger partial charge in [-0.05, 0) is 28.6 Å². The maximum Gasteiger partial charge on any atom is 0.336 e. The van der Waals surface area contributed by atoms with E-state index in [1.807, 2.05) is 52.7 Å². The van der Waals surface area contributed by atoms with Crippen LogP contribution in [-0.2, 0) is 13.1 Å². The molecule has 1 atom stereocenters. The molecule has 0 saturated carbocycles. The van der Waals surface area contributed by atoms with Gasteiger partial charge in [0.2, 0.25) is 0 Å². The molecule has 30 heavy (non-hydrogen) atoms. The highest BCUT2D eigenvalue weighted by Gasteiger charge is 2.18. The first kappa shape index (κ1) is 20.2. The van der Waals surface area contributed by atoms with Gasteiger partial charge < -0.3 is 19.7 Å². The van der Waals surface area contributed by atoms with Gasteiger partial charge in [0, 0.05) is 42.0 Å². The smallest absolute Gasteiger partial charge is 0.336 e. The van der Waals surface area contributed by atoms with Gasteiger partial charge in [-0.2, -0.15) is 0 Å². The van der Waals surface area contributed by atoms with Crippen LogP contribution in [0.15, 0.2) is 75.3 Å². The van der Waals surface area contributed by atoms with E-state index in [1.54, 1.807) is 0 Å². The second-order valence-electron chi connectivity index (χ2n) is 7.11. The molecule has 2 aromatic heterocycles. The summed E-state index contributed by atoms with van der Waals surface area (Å²) in [7, 11) is 0. The molecule has 0 saturated heterocycles. The predicted molar refractivity (Wildman–Crippen MR) is 116 cm³/mol. The van der Waals surface area contributed by atoms with Crippen LogP contribution in [-0.4, -0.2) is 26.8 Å². The van der Waals surface area contributed by atoms with E-state index in [4.69, 9.17) is 4.42 Å². The monoisotopic (exact) mass is 423 g/mol. The summed E-state index contributed by atoms with van der Waals surface area (Å²) in [4.78, 5) is 15.0. The fourth-order valence-corrected chi connectivity index (χ4v) is 4.17. The molecule has 154 valence electrons. The van der Waals surface area contributed by atoms with Crippen LogP contribution in [0.4, 0.5) is 0 Å². The van der Waals surface area contributed by atoms with Crippen molar-refractivity contribution in [1.29, 1.82) is 0 Å². The molecule has 0 aliphatic heterocycles. The van der Waals surface area contributed by atoms with Crippen LogP contribution in [0.1, 0.15) is 22.1 Å². The number of phenols is 2. The molecular formula is C23H21NO5S. The average molecular weight is 423 g/mol. The van der Waals surface area contributed by atoms with Crippen molar-refractivity contribution in [2.45, 2.75) is 19.2 Å². The topological polar surface area (TPSA) is 94.1 Å². The lowest BCUT2D eigenvalue weighted by atomic mass is 10.1. The molecule has 0 aliphatic rings. The maximum atomic E-state index is 12.1. The van der Waals surface area contributed by atoms with E-state index in [0.717, 1.165) is 10.4 Å². The molecule has 2 aromatic carbocycles. The SMILES string of the molecule is O=c1cc(CN(Cc2ccccc2)C[C@H](O)c2cccs2)c2cc(O)c(O)cc2o1.